The van der Waals surface area contributed by atoms with E-state index in [1.165, 1.54) is 0 Å². The van der Waals surface area contributed by atoms with Crippen molar-refractivity contribution in [3.8, 4) is 0 Å². The summed E-state index contributed by atoms with van der Waals surface area (Å²) in [5.41, 5.74) is 0.299. The molecular weight excluding hydrogens is 241 g/mol. The van der Waals surface area contributed by atoms with Crippen molar-refractivity contribution in [2.75, 3.05) is 0 Å². The monoisotopic (exact) mass is 258 g/mol. The van der Waals surface area contributed by atoms with Gasteiger partial charge < -0.3 is 5.11 Å². The number of halogens is 3. The summed E-state index contributed by atoms with van der Waals surface area (Å²) in [6, 6.07) is 9.55. The molecule has 4 heteroatoms. The number of alkyl halides is 3. The molecule has 1 atom stereocenters. The molecule has 1 nitrogen and oxygen atoms in total. The lowest BCUT2D eigenvalue weighted by atomic mass is 10.0. The van der Waals surface area contributed by atoms with Gasteiger partial charge in [0.15, 0.2) is 0 Å². The topological polar surface area (TPSA) is 20.2 Å². The van der Waals surface area contributed by atoms with Gasteiger partial charge in [-0.3, -0.25) is 0 Å². The Morgan fingerprint density at radius 2 is 1.78 bits per heavy atom. The molecule has 0 heterocycles. The van der Waals surface area contributed by atoms with Crippen LogP contribution in [0.3, 0.4) is 0 Å². The van der Waals surface area contributed by atoms with Crippen molar-refractivity contribution in [2.45, 2.75) is 38.0 Å². The fourth-order valence-electron chi connectivity index (χ4n) is 1.60. The van der Waals surface area contributed by atoms with E-state index in [1.807, 2.05) is 30.3 Å². The first kappa shape index (κ1) is 14.8. The number of aryl methyl sites for hydroxylation is 1. The molecule has 0 spiro atoms. The summed E-state index contributed by atoms with van der Waals surface area (Å²) in [5.74, 6) is 0. The number of allylic oxidation sites excluding steroid dienone is 1. The zero-order valence-corrected chi connectivity index (χ0v) is 10.1. The standard InChI is InChI=1S/C14H17F3O/c1-11(14(15,16)17)7-9-13(18)10-8-12-5-3-2-4-6-12/h2-6,13,18H,1,7-10H2. The van der Waals surface area contributed by atoms with Crippen molar-refractivity contribution < 1.29 is 18.3 Å². The van der Waals surface area contributed by atoms with Crippen LogP contribution in [0.15, 0.2) is 42.5 Å². The Kier molecular flexibility index (Phi) is 5.41. The van der Waals surface area contributed by atoms with Crippen LogP contribution in [0.1, 0.15) is 24.8 Å². The quantitative estimate of drug-likeness (QED) is 0.768. The molecule has 0 saturated carbocycles. The van der Waals surface area contributed by atoms with E-state index in [9.17, 15) is 18.3 Å². The number of benzene rings is 1. The van der Waals surface area contributed by atoms with Gasteiger partial charge in [0.05, 0.1) is 6.10 Å². The van der Waals surface area contributed by atoms with Crippen LogP contribution >= 0.6 is 0 Å². The molecule has 0 fully saturated rings. The maximum Gasteiger partial charge on any atom is 0.412 e. The molecule has 0 aliphatic rings. The molecule has 1 aromatic rings. The Balaban J connectivity index is 2.26. The van der Waals surface area contributed by atoms with Gasteiger partial charge in [-0.2, -0.15) is 13.2 Å². The van der Waals surface area contributed by atoms with Crippen LogP contribution in [-0.4, -0.2) is 17.4 Å². The van der Waals surface area contributed by atoms with E-state index in [0.29, 0.717) is 12.8 Å². The van der Waals surface area contributed by atoms with Crippen LogP contribution in [0.2, 0.25) is 0 Å². The molecule has 0 aromatic heterocycles. The van der Waals surface area contributed by atoms with Gasteiger partial charge >= 0.3 is 6.18 Å². The highest BCUT2D eigenvalue weighted by molar-refractivity contribution is 5.14. The molecule has 0 radical (unpaired) electrons. The predicted octanol–water partition coefficient (Wildman–Crippen LogP) is 3.88. The first-order valence-corrected chi connectivity index (χ1v) is 5.86. The first-order chi connectivity index (χ1) is 8.39. The molecule has 0 bridgehead atoms. The fraction of sp³-hybridized carbons (Fsp3) is 0.429. The minimum Gasteiger partial charge on any atom is -0.393 e. The molecule has 0 aliphatic heterocycles. The average molecular weight is 258 g/mol. The van der Waals surface area contributed by atoms with E-state index < -0.39 is 17.9 Å². The molecule has 1 aromatic carbocycles. The third kappa shape index (κ3) is 5.36. The SMILES string of the molecule is C=C(CCC(O)CCc1ccccc1)C(F)(F)F. The van der Waals surface area contributed by atoms with Gasteiger partial charge in [0.25, 0.3) is 0 Å². The van der Waals surface area contributed by atoms with Gasteiger partial charge in [-0.1, -0.05) is 36.9 Å². The van der Waals surface area contributed by atoms with Crippen molar-refractivity contribution in [3.63, 3.8) is 0 Å². The van der Waals surface area contributed by atoms with Gasteiger partial charge in [-0.05, 0) is 31.2 Å². The van der Waals surface area contributed by atoms with Crippen LogP contribution in [0, 0.1) is 0 Å². The van der Waals surface area contributed by atoms with E-state index in [2.05, 4.69) is 6.58 Å². The third-order valence-corrected chi connectivity index (χ3v) is 2.79. The fourth-order valence-corrected chi connectivity index (χ4v) is 1.60. The zero-order chi connectivity index (χ0) is 13.6. The third-order valence-electron chi connectivity index (χ3n) is 2.79. The molecule has 100 valence electrons. The maximum absolute atomic E-state index is 12.2. The lowest BCUT2D eigenvalue weighted by Gasteiger charge is -2.13. The lowest BCUT2D eigenvalue weighted by Crippen LogP contribution is -2.14. The Hall–Kier alpha value is -1.29. The summed E-state index contributed by atoms with van der Waals surface area (Å²) in [6.45, 7) is 2.98. The molecule has 0 aliphatic carbocycles. The number of aliphatic hydroxyl groups excluding tert-OH is 1. The maximum atomic E-state index is 12.2. The Bertz CT molecular complexity index is 370. The highest BCUT2D eigenvalue weighted by Gasteiger charge is 2.31. The highest BCUT2D eigenvalue weighted by Crippen LogP contribution is 2.28. The number of hydrogen-bond acceptors (Lipinski definition) is 1. The molecule has 0 saturated heterocycles. The number of hydrogen-bond donors (Lipinski definition) is 1. The van der Waals surface area contributed by atoms with E-state index in [0.717, 1.165) is 5.56 Å². The van der Waals surface area contributed by atoms with Crippen LogP contribution in [0.25, 0.3) is 0 Å². The van der Waals surface area contributed by atoms with Crippen molar-refractivity contribution in [2.24, 2.45) is 0 Å². The summed E-state index contributed by atoms with van der Waals surface area (Å²) >= 11 is 0. The van der Waals surface area contributed by atoms with Crippen LogP contribution in [-0.2, 0) is 6.42 Å². The Morgan fingerprint density at radius 1 is 1.17 bits per heavy atom. The lowest BCUT2D eigenvalue weighted by molar-refractivity contribution is -0.0943. The molecular formula is C14H17F3O. The van der Waals surface area contributed by atoms with Gasteiger partial charge in [-0.15, -0.1) is 0 Å². The van der Waals surface area contributed by atoms with E-state index in [1.54, 1.807) is 0 Å². The highest BCUT2D eigenvalue weighted by atomic mass is 19.4. The van der Waals surface area contributed by atoms with Crippen molar-refractivity contribution in [3.05, 3.63) is 48.0 Å². The summed E-state index contributed by atoms with van der Waals surface area (Å²) in [4.78, 5) is 0. The molecule has 1 N–H and O–H groups in total. The zero-order valence-electron chi connectivity index (χ0n) is 10.1. The van der Waals surface area contributed by atoms with Crippen molar-refractivity contribution >= 4 is 0 Å². The summed E-state index contributed by atoms with van der Waals surface area (Å²) in [6.07, 6.45) is -4.04. The number of aliphatic hydroxyl groups is 1. The predicted molar refractivity (Wildman–Crippen MR) is 65.2 cm³/mol. The summed E-state index contributed by atoms with van der Waals surface area (Å²) < 4.78 is 36.5. The normalized spacial score (nSPS) is 13.3. The summed E-state index contributed by atoms with van der Waals surface area (Å²) in [7, 11) is 0. The van der Waals surface area contributed by atoms with E-state index in [4.69, 9.17) is 0 Å². The minimum atomic E-state index is -4.35. The second kappa shape index (κ2) is 6.59. The van der Waals surface area contributed by atoms with E-state index in [-0.39, 0.29) is 12.8 Å². The largest absolute Gasteiger partial charge is 0.412 e. The van der Waals surface area contributed by atoms with E-state index >= 15 is 0 Å². The Labute approximate surface area is 105 Å². The van der Waals surface area contributed by atoms with Crippen molar-refractivity contribution in [1.82, 2.24) is 0 Å². The molecule has 0 amide bonds. The average Bonchev–Trinajstić information content (AvgIpc) is 2.33. The van der Waals surface area contributed by atoms with Crippen molar-refractivity contribution in [1.29, 1.82) is 0 Å². The minimum absolute atomic E-state index is 0.102. The van der Waals surface area contributed by atoms with Crippen LogP contribution < -0.4 is 0 Å². The van der Waals surface area contributed by atoms with Gasteiger partial charge in [0.1, 0.15) is 0 Å². The van der Waals surface area contributed by atoms with Crippen LogP contribution in [0.4, 0.5) is 13.2 Å². The summed E-state index contributed by atoms with van der Waals surface area (Å²) in [5, 5.41) is 9.62. The molecule has 18 heavy (non-hydrogen) atoms. The Morgan fingerprint density at radius 3 is 2.33 bits per heavy atom. The van der Waals surface area contributed by atoms with Gasteiger partial charge in [0.2, 0.25) is 0 Å². The first-order valence-electron chi connectivity index (χ1n) is 5.86. The molecule has 1 unspecified atom stereocenters. The second-order valence-corrected chi connectivity index (χ2v) is 4.32. The number of rotatable bonds is 6. The smallest absolute Gasteiger partial charge is 0.393 e. The second-order valence-electron chi connectivity index (χ2n) is 4.32. The van der Waals surface area contributed by atoms with Gasteiger partial charge in [-0.25, -0.2) is 0 Å². The molecule has 1 rings (SSSR count). The van der Waals surface area contributed by atoms with Gasteiger partial charge in [0, 0.05) is 5.57 Å². The van der Waals surface area contributed by atoms with Crippen LogP contribution in [0.5, 0.6) is 0 Å².